The van der Waals surface area contributed by atoms with Crippen molar-refractivity contribution < 1.29 is 14.3 Å². The van der Waals surface area contributed by atoms with E-state index in [4.69, 9.17) is 9.47 Å². The number of rotatable bonds is 6. The molecule has 4 rings (SSSR count). The summed E-state index contributed by atoms with van der Waals surface area (Å²) in [7, 11) is 0. The Hall–Kier alpha value is -2.95. The largest absolute Gasteiger partial charge is 0.494 e. The predicted octanol–water partition coefficient (Wildman–Crippen LogP) is 6.39. The zero-order valence-corrected chi connectivity index (χ0v) is 17.3. The molecule has 0 saturated heterocycles. The molecule has 1 fully saturated rings. The zero-order valence-electron chi connectivity index (χ0n) is 17.3. The van der Waals surface area contributed by atoms with E-state index >= 15 is 0 Å². The molecule has 152 valence electrons. The van der Waals surface area contributed by atoms with Crippen LogP contribution in [0.5, 0.6) is 5.75 Å². The number of nitrogens with one attached hydrogen (secondary N) is 1. The Morgan fingerprint density at radius 1 is 1.14 bits per heavy atom. The molecule has 29 heavy (non-hydrogen) atoms. The van der Waals surface area contributed by atoms with Crippen LogP contribution in [-0.4, -0.2) is 23.4 Å². The number of carbonyl (C=O) groups is 1. The van der Waals surface area contributed by atoms with Crippen LogP contribution in [0.3, 0.4) is 0 Å². The molecule has 3 aromatic rings. The fourth-order valence-electron chi connectivity index (χ4n) is 3.80. The summed E-state index contributed by atoms with van der Waals surface area (Å²) in [5.74, 6) is 0.911. The van der Waals surface area contributed by atoms with Crippen molar-refractivity contribution in [3.05, 3.63) is 48.5 Å². The molecule has 1 saturated carbocycles. The van der Waals surface area contributed by atoms with Gasteiger partial charge in [0.05, 0.1) is 18.2 Å². The molecule has 0 bridgehead atoms. The van der Waals surface area contributed by atoms with E-state index in [0.717, 1.165) is 17.0 Å². The Balaban J connectivity index is 1.67. The van der Waals surface area contributed by atoms with Gasteiger partial charge < -0.3 is 14.0 Å². The highest BCUT2D eigenvalue weighted by molar-refractivity contribution is 5.89. The number of fused-ring (bicyclic) bond motifs is 1. The van der Waals surface area contributed by atoms with Crippen LogP contribution in [-0.2, 0) is 4.74 Å². The molecule has 0 radical (unpaired) electrons. The second-order valence-corrected chi connectivity index (χ2v) is 7.79. The Kier molecular flexibility index (Phi) is 5.47. The minimum absolute atomic E-state index is 0.144. The number of carbonyl (C=O) groups excluding carboxylic acids is 1. The highest BCUT2D eigenvalue weighted by Gasteiger charge is 2.24. The van der Waals surface area contributed by atoms with Gasteiger partial charge in [0.25, 0.3) is 0 Å². The van der Waals surface area contributed by atoms with E-state index in [1.807, 2.05) is 39.0 Å². The monoisotopic (exact) mass is 392 g/mol. The molecule has 0 spiro atoms. The molecule has 5 nitrogen and oxygen atoms in total. The average molecular weight is 392 g/mol. The fourth-order valence-corrected chi connectivity index (χ4v) is 3.80. The molecular weight excluding hydrogens is 364 g/mol. The van der Waals surface area contributed by atoms with Crippen molar-refractivity contribution in [3.63, 3.8) is 0 Å². The summed E-state index contributed by atoms with van der Waals surface area (Å²) in [5.41, 5.74) is 4.28. The van der Waals surface area contributed by atoms with Gasteiger partial charge in [0.1, 0.15) is 5.75 Å². The Labute approximate surface area is 171 Å². The number of ether oxygens (including phenoxy) is 2. The predicted molar refractivity (Wildman–Crippen MR) is 117 cm³/mol. The van der Waals surface area contributed by atoms with Crippen LogP contribution in [0, 0.1) is 0 Å². The molecule has 0 aliphatic heterocycles. The second-order valence-electron chi connectivity index (χ2n) is 7.79. The van der Waals surface area contributed by atoms with E-state index in [0.29, 0.717) is 12.6 Å². The SMILES string of the molecule is CCOc1ccc2cc(-c3ccc(NC(=O)OC(C)C)cc3)n(C3CCC3)c2c1. The highest BCUT2D eigenvalue weighted by atomic mass is 16.6. The van der Waals surface area contributed by atoms with Gasteiger partial charge in [0.15, 0.2) is 0 Å². The number of nitrogens with zero attached hydrogens (tertiary/aromatic N) is 1. The topological polar surface area (TPSA) is 52.5 Å². The van der Waals surface area contributed by atoms with Gasteiger partial charge in [-0.25, -0.2) is 4.79 Å². The maximum Gasteiger partial charge on any atom is 0.411 e. The summed E-state index contributed by atoms with van der Waals surface area (Å²) in [5, 5.41) is 4.00. The highest BCUT2D eigenvalue weighted by Crippen LogP contribution is 2.41. The number of hydrogen-bond acceptors (Lipinski definition) is 3. The van der Waals surface area contributed by atoms with E-state index < -0.39 is 6.09 Å². The van der Waals surface area contributed by atoms with Gasteiger partial charge in [0.2, 0.25) is 0 Å². The molecule has 1 heterocycles. The summed E-state index contributed by atoms with van der Waals surface area (Å²) in [6.45, 7) is 6.33. The second kappa shape index (κ2) is 8.19. The maximum atomic E-state index is 11.8. The summed E-state index contributed by atoms with van der Waals surface area (Å²) < 4.78 is 13.3. The first kappa shape index (κ1) is 19.4. The molecule has 2 aromatic carbocycles. The van der Waals surface area contributed by atoms with Gasteiger partial charge in [-0.05, 0) is 75.9 Å². The van der Waals surface area contributed by atoms with Gasteiger partial charge in [-0.3, -0.25) is 5.32 Å². The van der Waals surface area contributed by atoms with Crippen molar-refractivity contribution in [2.75, 3.05) is 11.9 Å². The van der Waals surface area contributed by atoms with Gasteiger partial charge >= 0.3 is 6.09 Å². The fraction of sp³-hybridized carbons (Fsp3) is 0.375. The van der Waals surface area contributed by atoms with E-state index in [-0.39, 0.29) is 6.10 Å². The van der Waals surface area contributed by atoms with Crippen LogP contribution in [0.15, 0.2) is 48.5 Å². The molecule has 1 N–H and O–H groups in total. The number of anilines is 1. The zero-order chi connectivity index (χ0) is 20.4. The van der Waals surface area contributed by atoms with Crippen molar-refractivity contribution >= 4 is 22.7 Å². The molecule has 0 unspecified atom stereocenters. The van der Waals surface area contributed by atoms with Crippen molar-refractivity contribution in [2.45, 2.75) is 52.2 Å². The van der Waals surface area contributed by atoms with E-state index in [9.17, 15) is 4.79 Å². The van der Waals surface area contributed by atoms with Crippen LogP contribution < -0.4 is 10.1 Å². The van der Waals surface area contributed by atoms with Crippen molar-refractivity contribution in [3.8, 4) is 17.0 Å². The molecule has 1 aromatic heterocycles. The van der Waals surface area contributed by atoms with Crippen LogP contribution >= 0.6 is 0 Å². The van der Waals surface area contributed by atoms with E-state index in [1.165, 1.54) is 35.9 Å². The molecule has 0 atom stereocenters. The van der Waals surface area contributed by atoms with E-state index in [2.05, 4.69) is 40.2 Å². The summed E-state index contributed by atoms with van der Waals surface area (Å²) in [4.78, 5) is 11.8. The quantitative estimate of drug-likeness (QED) is 0.529. The Morgan fingerprint density at radius 3 is 2.52 bits per heavy atom. The van der Waals surface area contributed by atoms with Gasteiger partial charge in [-0.15, -0.1) is 0 Å². The summed E-state index contributed by atoms with van der Waals surface area (Å²) in [6.07, 6.45) is 3.11. The average Bonchev–Trinajstić information content (AvgIpc) is 2.99. The standard InChI is InChI=1S/C24H28N2O3/c1-4-28-21-13-10-18-14-22(26(23(18)15-21)20-6-5-7-20)17-8-11-19(12-9-17)25-24(27)29-16(2)3/h8-16,20H,4-7H2,1-3H3,(H,25,27). The number of aromatic nitrogens is 1. The maximum absolute atomic E-state index is 11.8. The third-order valence-electron chi connectivity index (χ3n) is 5.33. The Morgan fingerprint density at radius 2 is 1.90 bits per heavy atom. The van der Waals surface area contributed by atoms with Gasteiger partial charge in [0, 0.05) is 28.9 Å². The number of benzene rings is 2. The summed E-state index contributed by atoms with van der Waals surface area (Å²) >= 11 is 0. The first-order chi connectivity index (χ1) is 14.0. The van der Waals surface area contributed by atoms with Gasteiger partial charge in [-0.2, -0.15) is 0 Å². The minimum atomic E-state index is -0.431. The molecular formula is C24H28N2O3. The third kappa shape index (κ3) is 4.09. The van der Waals surface area contributed by atoms with Crippen LogP contribution in [0.2, 0.25) is 0 Å². The minimum Gasteiger partial charge on any atom is -0.494 e. The van der Waals surface area contributed by atoms with Crippen molar-refractivity contribution in [2.24, 2.45) is 0 Å². The molecule has 1 amide bonds. The van der Waals surface area contributed by atoms with Crippen molar-refractivity contribution in [1.29, 1.82) is 0 Å². The molecule has 5 heteroatoms. The normalized spacial score (nSPS) is 14.1. The lowest BCUT2D eigenvalue weighted by Crippen LogP contribution is -2.18. The van der Waals surface area contributed by atoms with Crippen molar-refractivity contribution in [1.82, 2.24) is 4.57 Å². The number of amides is 1. The van der Waals surface area contributed by atoms with Crippen LogP contribution in [0.25, 0.3) is 22.2 Å². The first-order valence-electron chi connectivity index (χ1n) is 10.4. The lowest BCUT2D eigenvalue weighted by atomic mass is 9.92. The Bertz CT molecular complexity index is 1000. The lowest BCUT2D eigenvalue weighted by molar-refractivity contribution is 0.130. The molecule has 1 aliphatic carbocycles. The summed E-state index contributed by atoms with van der Waals surface area (Å²) in [6, 6.07) is 17.0. The van der Waals surface area contributed by atoms with Gasteiger partial charge in [-0.1, -0.05) is 12.1 Å². The third-order valence-corrected chi connectivity index (χ3v) is 5.33. The molecule has 1 aliphatic rings. The van der Waals surface area contributed by atoms with E-state index in [1.54, 1.807) is 0 Å². The number of hydrogen-bond donors (Lipinski definition) is 1. The van der Waals surface area contributed by atoms with Crippen LogP contribution in [0.4, 0.5) is 10.5 Å². The van der Waals surface area contributed by atoms with Crippen LogP contribution in [0.1, 0.15) is 46.1 Å². The smallest absolute Gasteiger partial charge is 0.411 e. The first-order valence-corrected chi connectivity index (χ1v) is 10.4. The lowest BCUT2D eigenvalue weighted by Gasteiger charge is -2.30.